The van der Waals surface area contributed by atoms with Gasteiger partial charge in [-0.15, -0.1) is 0 Å². The summed E-state index contributed by atoms with van der Waals surface area (Å²) in [6, 6.07) is 8.71. The minimum absolute atomic E-state index is 0.172. The average Bonchev–Trinajstić information content (AvgIpc) is 2.44. The summed E-state index contributed by atoms with van der Waals surface area (Å²) in [5, 5.41) is 3.62. The number of nitrogens with one attached hydrogen (secondary N) is 1. The zero-order valence-electron chi connectivity index (χ0n) is 13.8. The number of rotatable bonds is 10. The van der Waals surface area contributed by atoms with Crippen LogP contribution in [0.2, 0.25) is 0 Å². The molecular weight excluding hydrogens is 264 g/mol. The number of ether oxygens (including phenoxy) is 2. The van der Waals surface area contributed by atoms with Crippen LogP contribution in [0.4, 0.5) is 0 Å². The Morgan fingerprint density at radius 1 is 1.19 bits per heavy atom. The van der Waals surface area contributed by atoms with Gasteiger partial charge >= 0.3 is 0 Å². The monoisotopic (exact) mass is 294 g/mol. The summed E-state index contributed by atoms with van der Waals surface area (Å²) in [7, 11) is 1.73. The average molecular weight is 294 g/mol. The molecule has 3 N–H and O–H groups in total. The van der Waals surface area contributed by atoms with Gasteiger partial charge in [-0.05, 0) is 46.2 Å². The Labute approximate surface area is 129 Å². The van der Waals surface area contributed by atoms with E-state index in [0.29, 0.717) is 19.2 Å². The molecule has 0 saturated heterocycles. The molecule has 4 nitrogen and oxygen atoms in total. The molecule has 2 unspecified atom stereocenters. The Balaban J connectivity index is 2.74. The molecule has 2 atom stereocenters. The molecular formula is C17H30N2O2. The van der Waals surface area contributed by atoms with Crippen LogP contribution < -0.4 is 15.8 Å². The minimum Gasteiger partial charge on any atom is -0.491 e. The minimum atomic E-state index is 0.172. The van der Waals surface area contributed by atoms with Gasteiger partial charge in [-0.1, -0.05) is 18.2 Å². The summed E-state index contributed by atoms with van der Waals surface area (Å²) in [4.78, 5) is 0. The van der Waals surface area contributed by atoms with Crippen LogP contribution in [0.3, 0.4) is 0 Å². The quantitative estimate of drug-likeness (QED) is 0.696. The van der Waals surface area contributed by atoms with Crippen molar-refractivity contribution in [3.05, 3.63) is 29.8 Å². The van der Waals surface area contributed by atoms with Crippen molar-refractivity contribution in [1.82, 2.24) is 5.32 Å². The van der Waals surface area contributed by atoms with Crippen molar-refractivity contribution >= 4 is 0 Å². The van der Waals surface area contributed by atoms with E-state index in [2.05, 4.69) is 18.3 Å². The summed E-state index contributed by atoms with van der Waals surface area (Å²) in [5.41, 5.74) is 6.79. The molecule has 0 aromatic heterocycles. The van der Waals surface area contributed by atoms with E-state index in [1.54, 1.807) is 7.11 Å². The van der Waals surface area contributed by atoms with E-state index in [4.69, 9.17) is 15.2 Å². The maximum atomic E-state index is 5.90. The number of methoxy groups -OCH3 is 1. The molecule has 0 aliphatic heterocycles. The molecule has 0 heterocycles. The summed E-state index contributed by atoms with van der Waals surface area (Å²) in [5.74, 6) is 0.947. The number of nitrogens with two attached hydrogens (primary N) is 1. The highest BCUT2D eigenvalue weighted by Crippen LogP contribution is 2.26. The van der Waals surface area contributed by atoms with Crippen molar-refractivity contribution in [2.24, 2.45) is 5.73 Å². The van der Waals surface area contributed by atoms with Crippen LogP contribution in [-0.2, 0) is 4.74 Å². The molecule has 0 aliphatic rings. The lowest BCUT2D eigenvalue weighted by Gasteiger charge is -2.25. The van der Waals surface area contributed by atoms with Gasteiger partial charge in [-0.3, -0.25) is 0 Å². The largest absolute Gasteiger partial charge is 0.491 e. The van der Waals surface area contributed by atoms with E-state index in [1.807, 2.05) is 32.0 Å². The zero-order valence-corrected chi connectivity index (χ0v) is 13.8. The highest BCUT2D eigenvalue weighted by molar-refractivity contribution is 5.35. The topological polar surface area (TPSA) is 56.5 Å². The molecule has 21 heavy (non-hydrogen) atoms. The summed E-state index contributed by atoms with van der Waals surface area (Å²) in [6.45, 7) is 7.65. The summed E-state index contributed by atoms with van der Waals surface area (Å²) >= 11 is 0. The smallest absolute Gasteiger partial charge is 0.124 e. The van der Waals surface area contributed by atoms with Crippen molar-refractivity contribution < 1.29 is 9.47 Å². The number of para-hydroxylation sites is 1. The Kier molecular flexibility index (Phi) is 8.35. The van der Waals surface area contributed by atoms with Crippen LogP contribution in [0.1, 0.15) is 45.2 Å². The molecule has 0 saturated carbocycles. The first-order valence-corrected chi connectivity index (χ1v) is 7.79. The molecule has 0 amide bonds. The molecule has 0 radical (unpaired) electrons. The summed E-state index contributed by atoms with van der Waals surface area (Å²) in [6.07, 6.45) is 2.19. The van der Waals surface area contributed by atoms with Crippen molar-refractivity contribution in [1.29, 1.82) is 0 Å². The van der Waals surface area contributed by atoms with Gasteiger partial charge in [-0.2, -0.15) is 0 Å². The van der Waals surface area contributed by atoms with E-state index < -0.39 is 0 Å². The van der Waals surface area contributed by atoms with Gasteiger partial charge in [0.15, 0.2) is 0 Å². The SMILES string of the molecule is COCC(CCCN)NC(C)c1ccccc1OC(C)C. The van der Waals surface area contributed by atoms with Crippen LogP contribution in [0.15, 0.2) is 24.3 Å². The predicted octanol–water partition coefficient (Wildman–Crippen LogP) is 2.88. The van der Waals surface area contributed by atoms with Gasteiger partial charge in [0, 0.05) is 24.8 Å². The Morgan fingerprint density at radius 3 is 2.52 bits per heavy atom. The molecule has 1 rings (SSSR count). The van der Waals surface area contributed by atoms with Crippen LogP contribution >= 0.6 is 0 Å². The van der Waals surface area contributed by atoms with Crippen LogP contribution in [0, 0.1) is 0 Å². The zero-order chi connectivity index (χ0) is 15.7. The Bertz CT molecular complexity index is 396. The van der Waals surface area contributed by atoms with Gasteiger partial charge in [-0.25, -0.2) is 0 Å². The van der Waals surface area contributed by atoms with Crippen LogP contribution in [-0.4, -0.2) is 32.4 Å². The van der Waals surface area contributed by atoms with Gasteiger partial charge in [0.25, 0.3) is 0 Å². The fourth-order valence-electron chi connectivity index (χ4n) is 2.42. The lowest BCUT2D eigenvalue weighted by Crippen LogP contribution is -2.35. The second-order valence-corrected chi connectivity index (χ2v) is 5.68. The van der Waals surface area contributed by atoms with Crippen LogP contribution in [0.5, 0.6) is 5.75 Å². The lowest BCUT2D eigenvalue weighted by atomic mass is 10.0. The third kappa shape index (κ3) is 6.46. The molecule has 1 aromatic rings. The molecule has 1 aromatic carbocycles. The highest BCUT2D eigenvalue weighted by Gasteiger charge is 2.16. The summed E-state index contributed by atoms with van der Waals surface area (Å²) < 4.78 is 11.2. The van der Waals surface area contributed by atoms with Crippen molar-refractivity contribution in [2.75, 3.05) is 20.3 Å². The van der Waals surface area contributed by atoms with E-state index in [9.17, 15) is 0 Å². The third-order valence-corrected chi connectivity index (χ3v) is 3.36. The van der Waals surface area contributed by atoms with E-state index in [0.717, 1.165) is 18.6 Å². The van der Waals surface area contributed by atoms with Gasteiger partial charge in [0.1, 0.15) is 5.75 Å². The fraction of sp³-hybridized carbons (Fsp3) is 0.647. The Morgan fingerprint density at radius 2 is 1.90 bits per heavy atom. The number of hydrogen-bond acceptors (Lipinski definition) is 4. The molecule has 0 fully saturated rings. The van der Waals surface area contributed by atoms with Crippen molar-refractivity contribution in [3.63, 3.8) is 0 Å². The number of benzene rings is 1. The van der Waals surface area contributed by atoms with Gasteiger partial charge < -0.3 is 20.5 Å². The molecule has 4 heteroatoms. The molecule has 0 aliphatic carbocycles. The van der Waals surface area contributed by atoms with Gasteiger partial charge in [0.2, 0.25) is 0 Å². The second-order valence-electron chi connectivity index (χ2n) is 5.68. The van der Waals surface area contributed by atoms with Crippen LogP contribution in [0.25, 0.3) is 0 Å². The lowest BCUT2D eigenvalue weighted by molar-refractivity contribution is 0.156. The van der Waals surface area contributed by atoms with E-state index >= 15 is 0 Å². The first-order chi connectivity index (χ1) is 10.1. The first kappa shape index (κ1) is 18.0. The predicted molar refractivity (Wildman–Crippen MR) is 87.7 cm³/mol. The standard InChI is InChI=1S/C17H30N2O2/c1-13(2)21-17-10-6-5-9-16(17)14(3)19-15(12-20-4)8-7-11-18/h5-6,9-10,13-15,19H,7-8,11-12,18H2,1-4H3. The molecule has 120 valence electrons. The fourth-order valence-corrected chi connectivity index (χ4v) is 2.42. The van der Waals surface area contributed by atoms with E-state index in [1.165, 1.54) is 5.56 Å². The normalized spacial score (nSPS) is 14.2. The van der Waals surface area contributed by atoms with Gasteiger partial charge in [0.05, 0.1) is 12.7 Å². The second kappa shape index (κ2) is 9.77. The first-order valence-electron chi connectivity index (χ1n) is 7.79. The third-order valence-electron chi connectivity index (χ3n) is 3.36. The highest BCUT2D eigenvalue weighted by atomic mass is 16.5. The van der Waals surface area contributed by atoms with Crippen molar-refractivity contribution in [2.45, 2.75) is 51.8 Å². The maximum Gasteiger partial charge on any atom is 0.124 e. The molecule has 0 spiro atoms. The molecule has 0 bridgehead atoms. The van der Waals surface area contributed by atoms with Crippen molar-refractivity contribution in [3.8, 4) is 5.75 Å². The Hall–Kier alpha value is -1.10. The maximum absolute atomic E-state index is 5.90. The number of hydrogen-bond donors (Lipinski definition) is 2. The van der Waals surface area contributed by atoms with E-state index in [-0.39, 0.29) is 12.1 Å².